The van der Waals surface area contributed by atoms with Crippen LogP contribution in [0.5, 0.6) is 5.75 Å². The van der Waals surface area contributed by atoms with Gasteiger partial charge in [0.2, 0.25) is 0 Å². The lowest BCUT2D eigenvalue weighted by Gasteiger charge is -2.29. The summed E-state index contributed by atoms with van der Waals surface area (Å²) in [5, 5.41) is 16.5. The molecule has 0 saturated carbocycles. The van der Waals surface area contributed by atoms with E-state index in [1.807, 2.05) is 18.2 Å². The number of nitrogens with one attached hydrogen (secondary N) is 1. The number of hydrogen-bond donors (Lipinski definition) is 2. The molecule has 0 saturated heterocycles. The maximum absolute atomic E-state index is 10.9. The highest BCUT2D eigenvalue weighted by molar-refractivity contribution is 8.14. The highest BCUT2D eigenvalue weighted by Gasteiger charge is 2.30. The molecular weight excluding hydrogens is 340 g/mol. The summed E-state index contributed by atoms with van der Waals surface area (Å²) in [7, 11) is 0. The molecule has 2 N–H and O–H groups in total. The Morgan fingerprint density at radius 1 is 0.923 bits per heavy atom. The van der Waals surface area contributed by atoms with Gasteiger partial charge in [-0.05, 0) is 39.7 Å². The van der Waals surface area contributed by atoms with Crippen molar-refractivity contribution < 1.29 is 5.11 Å². The van der Waals surface area contributed by atoms with Crippen molar-refractivity contribution >= 4 is 16.8 Å². The molecular formula is C22H28N2OS. The highest BCUT2D eigenvalue weighted by atomic mass is 32.2. The molecule has 26 heavy (non-hydrogen) atoms. The number of thioether (sulfide) groups is 1. The predicted octanol–water partition coefficient (Wildman–Crippen LogP) is 5.68. The molecule has 1 aliphatic heterocycles. The van der Waals surface area contributed by atoms with Crippen LogP contribution >= 0.6 is 11.8 Å². The van der Waals surface area contributed by atoms with Gasteiger partial charge in [0.1, 0.15) is 16.2 Å². The van der Waals surface area contributed by atoms with Crippen LogP contribution in [0.3, 0.4) is 0 Å². The van der Waals surface area contributed by atoms with Gasteiger partial charge in [0, 0.05) is 5.56 Å². The number of benzene rings is 2. The van der Waals surface area contributed by atoms with Crippen molar-refractivity contribution in [1.82, 2.24) is 5.43 Å². The standard InChI is InChI=1S/C22H28N2OS/c1-21(2,3)16-12-15(13-17(18(16)25)22(4,5)6)20-24-23-19(26-20)14-10-8-7-9-11-14/h7-13,20,24-25H,1-6H3/t20-/m1/s1. The van der Waals surface area contributed by atoms with E-state index in [0.29, 0.717) is 5.75 Å². The van der Waals surface area contributed by atoms with E-state index in [1.54, 1.807) is 11.8 Å². The number of rotatable bonds is 2. The third-order valence-electron chi connectivity index (χ3n) is 4.58. The summed E-state index contributed by atoms with van der Waals surface area (Å²) in [6.45, 7) is 12.8. The highest BCUT2D eigenvalue weighted by Crippen LogP contribution is 2.43. The number of aromatic hydroxyl groups is 1. The van der Waals surface area contributed by atoms with Crippen LogP contribution in [0, 0.1) is 0 Å². The van der Waals surface area contributed by atoms with Crippen LogP contribution in [0.15, 0.2) is 47.6 Å². The Kier molecular flexibility index (Phi) is 4.82. The van der Waals surface area contributed by atoms with Gasteiger partial charge in [0.15, 0.2) is 0 Å². The minimum absolute atomic E-state index is 0.0491. The first kappa shape index (κ1) is 18.8. The van der Waals surface area contributed by atoms with Crippen LogP contribution in [0.25, 0.3) is 0 Å². The molecule has 0 amide bonds. The summed E-state index contributed by atoms with van der Waals surface area (Å²) in [4.78, 5) is 0. The number of phenols is 1. The number of nitrogens with zero attached hydrogens (tertiary/aromatic N) is 1. The largest absolute Gasteiger partial charge is 0.507 e. The third-order valence-corrected chi connectivity index (χ3v) is 5.75. The number of hydrogen-bond acceptors (Lipinski definition) is 4. The summed E-state index contributed by atoms with van der Waals surface area (Å²) in [6.07, 6.45) is 0. The molecule has 0 aromatic heterocycles. The average Bonchev–Trinajstić information content (AvgIpc) is 3.03. The predicted molar refractivity (Wildman–Crippen MR) is 112 cm³/mol. The minimum atomic E-state index is -0.132. The van der Waals surface area contributed by atoms with Crippen LogP contribution < -0.4 is 5.43 Å². The molecule has 1 aliphatic rings. The van der Waals surface area contributed by atoms with E-state index in [2.05, 4.69) is 76.3 Å². The van der Waals surface area contributed by atoms with Crippen molar-refractivity contribution in [2.45, 2.75) is 57.7 Å². The van der Waals surface area contributed by atoms with E-state index < -0.39 is 0 Å². The molecule has 0 fully saturated rings. The molecule has 138 valence electrons. The first-order chi connectivity index (χ1) is 12.1. The SMILES string of the molecule is CC(C)(C)c1cc([C@@H]2NN=C(c3ccccc3)S2)cc(C(C)(C)C)c1O. The summed E-state index contributed by atoms with van der Waals surface area (Å²) >= 11 is 1.72. The van der Waals surface area contributed by atoms with Crippen LogP contribution in [0.1, 0.15) is 69.2 Å². The molecule has 1 heterocycles. The van der Waals surface area contributed by atoms with Crippen molar-refractivity contribution in [2.75, 3.05) is 0 Å². The Bertz CT molecular complexity index is 794. The maximum Gasteiger partial charge on any atom is 0.126 e. The van der Waals surface area contributed by atoms with E-state index in [9.17, 15) is 5.11 Å². The molecule has 3 rings (SSSR count). The van der Waals surface area contributed by atoms with Gasteiger partial charge in [-0.15, -0.1) is 0 Å². The Balaban J connectivity index is 1.99. The molecule has 0 bridgehead atoms. The number of hydrazone groups is 1. The van der Waals surface area contributed by atoms with Crippen molar-refractivity contribution in [3.05, 3.63) is 64.7 Å². The Morgan fingerprint density at radius 2 is 1.46 bits per heavy atom. The van der Waals surface area contributed by atoms with Gasteiger partial charge in [-0.1, -0.05) is 83.6 Å². The van der Waals surface area contributed by atoms with Crippen LogP contribution in [-0.4, -0.2) is 10.2 Å². The quantitative estimate of drug-likeness (QED) is 0.716. The Morgan fingerprint density at radius 3 is 1.96 bits per heavy atom. The molecule has 3 nitrogen and oxygen atoms in total. The second kappa shape index (κ2) is 6.66. The molecule has 2 aromatic carbocycles. The average molecular weight is 369 g/mol. The molecule has 0 spiro atoms. The van der Waals surface area contributed by atoms with Gasteiger partial charge in [-0.3, -0.25) is 5.43 Å². The zero-order valence-electron chi connectivity index (χ0n) is 16.4. The molecule has 0 unspecified atom stereocenters. The van der Waals surface area contributed by atoms with Gasteiger partial charge in [0.25, 0.3) is 0 Å². The van der Waals surface area contributed by atoms with Gasteiger partial charge in [0.05, 0.1) is 0 Å². The maximum atomic E-state index is 10.9. The van der Waals surface area contributed by atoms with Crippen LogP contribution in [0.2, 0.25) is 0 Å². The van der Waals surface area contributed by atoms with Crippen molar-refractivity contribution in [1.29, 1.82) is 0 Å². The van der Waals surface area contributed by atoms with Crippen molar-refractivity contribution in [3.63, 3.8) is 0 Å². The summed E-state index contributed by atoms with van der Waals surface area (Å²) in [6, 6.07) is 14.5. The molecule has 4 heteroatoms. The Hall–Kier alpha value is -1.94. The first-order valence-corrected chi connectivity index (χ1v) is 9.88. The summed E-state index contributed by atoms with van der Waals surface area (Å²) < 4.78 is 0. The molecule has 2 aromatic rings. The summed E-state index contributed by atoms with van der Waals surface area (Å²) in [5.74, 6) is 0.418. The lowest BCUT2D eigenvalue weighted by atomic mass is 9.78. The van der Waals surface area contributed by atoms with E-state index in [-0.39, 0.29) is 16.2 Å². The second-order valence-electron chi connectivity index (χ2n) is 8.87. The van der Waals surface area contributed by atoms with Crippen molar-refractivity contribution in [3.8, 4) is 5.75 Å². The second-order valence-corrected chi connectivity index (χ2v) is 9.97. The Labute approximate surface area is 160 Å². The molecule has 0 aliphatic carbocycles. The fraction of sp³-hybridized carbons (Fsp3) is 0.409. The van der Waals surface area contributed by atoms with Gasteiger partial charge in [-0.25, -0.2) is 0 Å². The van der Waals surface area contributed by atoms with E-state index in [4.69, 9.17) is 0 Å². The topological polar surface area (TPSA) is 44.6 Å². The zero-order valence-corrected chi connectivity index (χ0v) is 17.2. The third kappa shape index (κ3) is 3.75. The van der Waals surface area contributed by atoms with Gasteiger partial charge >= 0.3 is 0 Å². The lowest BCUT2D eigenvalue weighted by Crippen LogP contribution is -2.19. The lowest BCUT2D eigenvalue weighted by molar-refractivity contribution is 0.422. The zero-order chi connectivity index (χ0) is 19.1. The fourth-order valence-corrected chi connectivity index (χ4v) is 4.07. The van der Waals surface area contributed by atoms with E-state index in [0.717, 1.165) is 27.3 Å². The number of phenolic OH excluding ortho intramolecular Hbond substituents is 1. The van der Waals surface area contributed by atoms with Gasteiger partial charge in [-0.2, -0.15) is 5.10 Å². The molecule has 1 atom stereocenters. The minimum Gasteiger partial charge on any atom is -0.507 e. The van der Waals surface area contributed by atoms with E-state index >= 15 is 0 Å². The van der Waals surface area contributed by atoms with Crippen LogP contribution in [-0.2, 0) is 10.8 Å². The molecule has 0 radical (unpaired) electrons. The van der Waals surface area contributed by atoms with Crippen molar-refractivity contribution in [2.24, 2.45) is 5.10 Å². The summed E-state index contributed by atoms with van der Waals surface area (Å²) in [5.41, 5.74) is 7.24. The first-order valence-electron chi connectivity index (χ1n) is 9.00. The van der Waals surface area contributed by atoms with E-state index in [1.165, 1.54) is 0 Å². The fourth-order valence-electron chi connectivity index (χ4n) is 3.09. The van der Waals surface area contributed by atoms with Gasteiger partial charge < -0.3 is 5.11 Å². The normalized spacial score (nSPS) is 17.8. The smallest absolute Gasteiger partial charge is 0.126 e. The van der Waals surface area contributed by atoms with Crippen LogP contribution in [0.4, 0.5) is 0 Å². The monoisotopic (exact) mass is 368 g/mol.